The van der Waals surface area contributed by atoms with Gasteiger partial charge in [-0.3, -0.25) is 16.1 Å². The zero-order valence-corrected chi connectivity index (χ0v) is 11.2. The first-order valence-corrected chi connectivity index (χ1v) is 5.80. The molecule has 0 saturated heterocycles. The molecule has 0 radical (unpaired) electrons. The topological polar surface area (TPSA) is 64.3 Å². The Bertz CT molecular complexity index is 210. The predicted molar refractivity (Wildman–Crippen MR) is 65.6 cm³/mol. The summed E-state index contributed by atoms with van der Waals surface area (Å²) in [5.74, 6) is 5.36. The predicted octanol–water partition coefficient (Wildman–Crippen LogP) is 1.99. The lowest BCUT2D eigenvalue weighted by Crippen LogP contribution is -2.41. The minimum absolute atomic E-state index is 0.318. The van der Waals surface area contributed by atoms with E-state index < -0.39 is 0 Å². The van der Waals surface area contributed by atoms with Crippen LogP contribution in [-0.4, -0.2) is 18.1 Å². The van der Waals surface area contributed by atoms with Gasteiger partial charge in [0.2, 0.25) is 0 Å². The molecule has 96 valence electrons. The molecular formula is C12H26N2O2. The van der Waals surface area contributed by atoms with Gasteiger partial charge in [0.25, 0.3) is 6.47 Å². The minimum Gasteiger partial charge on any atom is -0.462 e. The molecule has 1 atom stereocenters. The first-order valence-electron chi connectivity index (χ1n) is 5.80. The SMILES string of the molecule is CC(C)(C)OC=O.CC1(C)CCCC1NN. The number of hydrazine groups is 1. The molecule has 1 aliphatic carbocycles. The average molecular weight is 230 g/mol. The van der Waals surface area contributed by atoms with Crippen LogP contribution in [-0.2, 0) is 9.53 Å². The van der Waals surface area contributed by atoms with Crippen molar-refractivity contribution in [3.8, 4) is 0 Å². The van der Waals surface area contributed by atoms with Crippen molar-refractivity contribution in [1.29, 1.82) is 0 Å². The molecule has 1 rings (SSSR count). The van der Waals surface area contributed by atoms with E-state index in [-0.39, 0.29) is 5.60 Å². The third kappa shape index (κ3) is 6.08. The number of carbonyl (C=O) groups excluding carboxylic acids is 1. The Morgan fingerprint density at radius 3 is 2.12 bits per heavy atom. The van der Waals surface area contributed by atoms with Crippen LogP contribution >= 0.6 is 0 Å². The van der Waals surface area contributed by atoms with Gasteiger partial charge in [-0.25, -0.2) is 0 Å². The highest BCUT2D eigenvalue weighted by molar-refractivity contribution is 5.37. The first-order chi connectivity index (χ1) is 7.23. The number of hydrogen-bond acceptors (Lipinski definition) is 4. The molecule has 1 unspecified atom stereocenters. The molecular weight excluding hydrogens is 204 g/mol. The fraction of sp³-hybridized carbons (Fsp3) is 0.917. The highest BCUT2D eigenvalue weighted by atomic mass is 16.5. The van der Waals surface area contributed by atoms with Crippen molar-refractivity contribution in [3.05, 3.63) is 0 Å². The lowest BCUT2D eigenvalue weighted by molar-refractivity contribution is -0.138. The van der Waals surface area contributed by atoms with Crippen LogP contribution in [0.3, 0.4) is 0 Å². The summed E-state index contributed by atoms with van der Waals surface area (Å²) in [5, 5.41) is 0. The molecule has 0 heterocycles. The van der Waals surface area contributed by atoms with Crippen molar-refractivity contribution < 1.29 is 9.53 Å². The molecule has 1 aliphatic rings. The molecule has 4 heteroatoms. The van der Waals surface area contributed by atoms with E-state index in [0.717, 1.165) is 0 Å². The smallest absolute Gasteiger partial charge is 0.293 e. The summed E-state index contributed by atoms with van der Waals surface area (Å²) in [6.07, 6.45) is 3.87. The maximum Gasteiger partial charge on any atom is 0.293 e. The number of hydrogen-bond donors (Lipinski definition) is 2. The van der Waals surface area contributed by atoms with E-state index in [0.29, 0.717) is 17.9 Å². The molecule has 4 nitrogen and oxygen atoms in total. The summed E-state index contributed by atoms with van der Waals surface area (Å²) in [6.45, 7) is 10.5. The standard InChI is InChI=1S/C7H16N2.C5H10O2/c1-7(2)5-3-4-6(7)9-8;1-5(2,3)7-4-6/h6,9H,3-5,8H2,1-2H3;4H,1-3H3. The summed E-state index contributed by atoms with van der Waals surface area (Å²) in [4.78, 5) is 9.60. The third-order valence-electron chi connectivity index (χ3n) is 2.86. The second-order valence-electron chi connectivity index (χ2n) is 5.93. The van der Waals surface area contributed by atoms with E-state index in [1.165, 1.54) is 19.3 Å². The van der Waals surface area contributed by atoms with Crippen LogP contribution < -0.4 is 11.3 Å². The van der Waals surface area contributed by atoms with E-state index in [1.807, 2.05) is 20.8 Å². The largest absolute Gasteiger partial charge is 0.462 e. The summed E-state index contributed by atoms with van der Waals surface area (Å²) in [5.41, 5.74) is 2.96. The van der Waals surface area contributed by atoms with Crippen molar-refractivity contribution in [2.45, 2.75) is 65.5 Å². The highest BCUT2D eigenvalue weighted by Crippen LogP contribution is 2.36. The van der Waals surface area contributed by atoms with E-state index in [4.69, 9.17) is 5.84 Å². The number of ether oxygens (including phenoxy) is 1. The van der Waals surface area contributed by atoms with E-state index >= 15 is 0 Å². The Kier molecular flexibility index (Phi) is 5.97. The number of carbonyl (C=O) groups is 1. The van der Waals surface area contributed by atoms with Gasteiger partial charge in [0.15, 0.2) is 0 Å². The number of nitrogens with two attached hydrogens (primary N) is 1. The molecule has 3 N–H and O–H groups in total. The van der Waals surface area contributed by atoms with Crippen molar-refractivity contribution in [2.75, 3.05) is 0 Å². The Balaban J connectivity index is 0.000000293. The van der Waals surface area contributed by atoms with Gasteiger partial charge in [-0.15, -0.1) is 0 Å². The number of rotatable bonds is 2. The van der Waals surface area contributed by atoms with Gasteiger partial charge in [0, 0.05) is 6.04 Å². The van der Waals surface area contributed by atoms with Crippen molar-refractivity contribution in [2.24, 2.45) is 11.3 Å². The van der Waals surface area contributed by atoms with Gasteiger partial charge in [-0.05, 0) is 39.0 Å². The van der Waals surface area contributed by atoms with Gasteiger partial charge >= 0.3 is 0 Å². The summed E-state index contributed by atoms with van der Waals surface area (Å²) in [6, 6.07) is 0.539. The lowest BCUT2D eigenvalue weighted by Gasteiger charge is -2.25. The molecule has 1 saturated carbocycles. The van der Waals surface area contributed by atoms with Crippen LogP contribution in [0.15, 0.2) is 0 Å². The van der Waals surface area contributed by atoms with Gasteiger partial charge in [-0.2, -0.15) is 0 Å². The summed E-state index contributed by atoms with van der Waals surface area (Å²) in [7, 11) is 0. The van der Waals surface area contributed by atoms with Crippen molar-refractivity contribution in [3.63, 3.8) is 0 Å². The summed E-state index contributed by atoms with van der Waals surface area (Å²) >= 11 is 0. The fourth-order valence-electron chi connectivity index (χ4n) is 1.78. The fourth-order valence-corrected chi connectivity index (χ4v) is 1.78. The molecule has 0 aromatic carbocycles. The Hall–Kier alpha value is -0.610. The molecule has 0 bridgehead atoms. The zero-order valence-electron chi connectivity index (χ0n) is 11.2. The second-order valence-corrected chi connectivity index (χ2v) is 5.93. The summed E-state index contributed by atoms with van der Waals surface area (Å²) < 4.78 is 4.55. The van der Waals surface area contributed by atoms with Gasteiger partial charge in [-0.1, -0.05) is 20.3 Å². The lowest BCUT2D eigenvalue weighted by atomic mass is 9.88. The van der Waals surface area contributed by atoms with Crippen LogP contribution in [0.2, 0.25) is 0 Å². The normalized spacial score (nSPS) is 23.2. The first kappa shape index (κ1) is 15.4. The molecule has 0 aliphatic heterocycles. The van der Waals surface area contributed by atoms with Crippen molar-refractivity contribution >= 4 is 6.47 Å². The number of nitrogens with one attached hydrogen (secondary N) is 1. The maximum atomic E-state index is 9.60. The second kappa shape index (κ2) is 6.21. The van der Waals surface area contributed by atoms with Gasteiger partial charge in [0.1, 0.15) is 5.60 Å². The third-order valence-corrected chi connectivity index (χ3v) is 2.86. The van der Waals surface area contributed by atoms with Crippen LogP contribution in [0.1, 0.15) is 53.9 Å². The Morgan fingerprint density at radius 2 is 2.00 bits per heavy atom. The van der Waals surface area contributed by atoms with Crippen LogP contribution in [0.25, 0.3) is 0 Å². The average Bonchev–Trinajstić information content (AvgIpc) is 2.43. The van der Waals surface area contributed by atoms with Crippen LogP contribution in [0.5, 0.6) is 0 Å². The molecule has 0 amide bonds. The van der Waals surface area contributed by atoms with Gasteiger partial charge < -0.3 is 4.74 Å². The van der Waals surface area contributed by atoms with Gasteiger partial charge in [0.05, 0.1) is 0 Å². The maximum absolute atomic E-state index is 9.60. The Morgan fingerprint density at radius 1 is 1.44 bits per heavy atom. The quantitative estimate of drug-likeness (QED) is 0.432. The van der Waals surface area contributed by atoms with Crippen LogP contribution in [0.4, 0.5) is 0 Å². The molecule has 0 aromatic heterocycles. The molecule has 0 spiro atoms. The highest BCUT2D eigenvalue weighted by Gasteiger charge is 2.33. The van der Waals surface area contributed by atoms with E-state index in [9.17, 15) is 4.79 Å². The van der Waals surface area contributed by atoms with Crippen LogP contribution in [0, 0.1) is 5.41 Å². The molecule has 16 heavy (non-hydrogen) atoms. The zero-order chi connectivity index (χ0) is 12.8. The molecule has 1 fully saturated rings. The Labute approximate surface area is 98.9 Å². The molecule has 0 aromatic rings. The minimum atomic E-state index is -0.318. The van der Waals surface area contributed by atoms with Crippen molar-refractivity contribution in [1.82, 2.24) is 5.43 Å². The van der Waals surface area contributed by atoms with E-state index in [1.54, 1.807) is 0 Å². The monoisotopic (exact) mass is 230 g/mol. The van der Waals surface area contributed by atoms with E-state index in [2.05, 4.69) is 24.0 Å².